The van der Waals surface area contributed by atoms with Crippen molar-refractivity contribution in [2.24, 2.45) is 0 Å². The van der Waals surface area contributed by atoms with Gasteiger partial charge in [-0.2, -0.15) is 0 Å². The maximum atomic E-state index is 11.2. The van der Waals surface area contributed by atoms with Gasteiger partial charge in [0.1, 0.15) is 5.75 Å². The van der Waals surface area contributed by atoms with Gasteiger partial charge in [0.2, 0.25) is 0 Å². The average molecular weight is 304 g/mol. The lowest BCUT2D eigenvalue weighted by atomic mass is 10.1. The first-order valence-electron chi connectivity index (χ1n) is 6.88. The zero-order valence-electron chi connectivity index (χ0n) is 11.9. The first-order chi connectivity index (χ1) is 10.1. The number of Topliss-reactive ketones (excluding diaryl/α,β-unsaturated/α-hetero) is 1. The number of halogens is 1. The van der Waals surface area contributed by atoms with E-state index in [2.05, 4.69) is 5.32 Å². The van der Waals surface area contributed by atoms with Crippen molar-refractivity contribution in [3.8, 4) is 5.75 Å². The first kappa shape index (κ1) is 15.4. The number of rotatable bonds is 7. The van der Waals surface area contributed by atoms with Gasteiger partial charge < -0.3 is 10.1 Å². The van der Waals surface area contributed by atoms with E-state index in [-0.39, 0.29) is 5.78 Å². The number of carbonyl (C=O) groups excluding carboxylic acids is 1. The Balaban J connectivity index is 1.67. The normalized spacial score (nSPS) is 10.2. The van der Waals surface area contributed by atoms with Crippen LogP contribution in [0.2, 0.25) is 5.02 Å². The summed E-state index contributed by atoms with van der Waals surface area (Å²) >= 11 is 5.81. The van der Waals surface area contributed by atoms with Gasteiger partial charge >= 0.3 is 0 Å². The van der Waals surface area contributed by atoms with Crippen LogP contribution in [0.15, 0.2) is 48.5 Å². The van der Waals surface area contributed by atoms with Crippen LogP contribution >= 0.6 is 11.6 Å². The van der Waals surface area contributed by atoms with Crippen molar-refractivity contribution in [1.29, 1.82) is 0 Å². The Morgan fingerprint density at radius 3 is 2.38 bits per heavy atom. The second-order valence-electron chi connectivity index (χ2n) is 4.72. The zero-order chi connectivity index (χ0) is 15.1. The molecule has 110 valence electrons. The van der Waals surface area contributed by atoms with Gasteiger partial charge in [0.05, 0.1) is 6.61 Å². The van der Waals surface area contributed by atoms with Gasteiger partial charge in [-0.05, 0) is 61.9 Å². The van der Waals surface area contributed by atoms with Crippen molar-refractivity contribution in [2.45, 2.75) is 13.3 Å². The molecule has 3 nitrogen and oxygen atoms in total. The van der Waals surface area contributed by atoms with Crippen molar-refractivity contribution >= 4 is 23.1 Å². The molecule has 2 aromatic rings. The summed E-state index contributed by atoms with van der Waals surface area (Å²) in [5.74, 6) is 0.906. The Morgan fingerprint density at radius 2 is 1.76 bits per heavy atom. The van der Waals surface area contributed by atoms with Crippen LogP contribution in [0.25, 0.3) is 0 Å². The molecule has 0 atom stereocenters. The number of ketones is 1. The standard InChI is InChI=1S/C17H18ClNO2/c1-13(20)14-3-7-16(8-4-14)19-11-2-12-21-17-9-5-15(18)6-10-17/h3-10,19H,2,11-12H2,1H3. The van der Waals surface area contributed by atoms with E-state index in [0.29, 0.717) is 11.6 Å². The van der Waals surface area contributed by atoms with Gasteiger partial charge in [-0.1, -0.05) is 11.6 Å². The van der Waals surface area contributed by atoms with Gasteiger partial charge in [0.15, 0.2) is 5.78 Å². The van der Waals surface area contributed by atoms with Crippen LogP contribution in [0.4, 0.5) is 5.69 Å². The molecule has 0 aliphatic rings. The Labute approximate surface area is 129 Å². The van der Waals surface area contributed by atoms with E-state index in [4.69, 9.17) is 16.3 Å². The van der Waals surface area contributed by atoms with Crippen molar-refractivity contribution in [1.82, 2.24) is 0 Å². The van der Waals surface area contributed by atoms with Crippen molar-refractivity contribution in [3.63, 3.8) is 0 Å². The van der Waals surface area contributed by atoms with Crippen LogP contribution in [0.1, 0.15) is 23.7 Å². The number of hydrogen-bond donors (Lipinski definition) is 1. The zero-order valence-corrected chi connectivity index (χ0v) is 12.7. The van der Waals surface area contributed by atoms with Crippen LogP contribution in [0.5, 0.6) is 5.75 Å². The monoisotopic (exact) mass is 303 g/mol. The van der Waals surface area contributed by atoms with Gasteiger partial charge in [0.25, 0.3) is 0 Å². The second-order valence-corrected chi connectivity index (χ2v) is 5.15. The lowest BCUT2D eigenvalue weighted by Gasteiger charge is -2.08. The Hall–Kier alpha value is -2.00. The maximum Gasteiger partial charge on any atom is 0.159 e. The Morgan fingerprint density at radius 1 is 1.10 bits per heavy atom. The van der Waals surface area contributed by atoms with Crippen LogP contribution in [-0.4, -0.2) is 18.9 Å². The van der Waals surface area contributed by atoms with Gasteiger partial charge in [-0.15, -0.1) is 0 Å². The molecule has 0 spiro atoms. The quantitative estimate of drug-likeness (QED) is 0.607. The molecule has 0 amide bonds. The maximum absolute atomic E-state index is 11.2. The Kier molecular flexibility index (Phi) is 5.64. The third kappa shape index (κ3) is 5.12. The molecular weight excluding hydrogens is 286 g/mol. The molecule has 0 radical (unpaired) electrons. The predicted molar refractivity (Wildman–Crippen MR) is 86.5 cm³/mol. The smallest absolute Gasteiger partial charge is 0.159 e. The van der Waals surface area contributed by atoms with Crippen molar-refractivity contribution < 1.29 is 9.53 Å². The third-order valence-corrected chi connectivity index (χ3v) is 3.28. The molecule has 0 heterocycles. The average Bonchev–Trinajstić information content (AvgIpc) is 2.49. The van der Waals surface area contributed by atoms with E-state index in [1.54, 1.807) is 6.92 Å². The largest absolute Gasteiger partial charge is 0.494 e. The highest BCUT2D eigenvalue weighted by molar-refractivity contribution is 6.30. The van der Waals surface area contributed by atoms with Gasteiger partial charge in [-0.3, -0.25) is 4.79 Å². The van der Waals surface area contributed by atoms with E-state index in [1.165, 1.54) is 0 Å². The molecule has 0 fully saturated rings. The highest BCUT2D eigenvalue weighted by Crippen LogP contribution is 2.15. The minimum Gasteiger partial charge on any atom is -0.494 e. The molecule has 1 N–H and O–H groups in total. The van der Waals surface area contributed by atoms with E-state index in [0.717, 1.165) is 30.0 Å². The van der Waals surface area contributed by atoms with Crippen LogP contribution in [0.3, 0.4) is 0 Å². The molecule has 0 aromatic heterocycles. The Bertz CT molecular complexity index is 579. The van der Waals surface area contributed by atoms with Crippen molar-refractivity contribution in [2.75, 3.05) is 18.5 Å². The molecule has 0 aliphatic carbocycles. The molecule has 4 heteroatoms. The van der Waals surface area contributed by atoms with Gasteiger partial charge in [0, 0.05) is 22.8 Å². The number of hydrogen-bond acceptors (Lipinski definition) is 3. The van der Waals surface area contributed by atoms with E-state index in [9.17, 15) is 4.79 Å². The predicted octanol–water partition coefficient (Wildman–Crippen LogP) is 4.42. The van der Waals surface area contributed by atoms with Crippen LogP contribution in [-0.2, 0) is 0 Å². The fraction of sp³-hybridized carbons (Fsp3) is 0.235. The van der Waals surface area contributed by atoms with Gasteiger partial charge in [-0.25, -0.2) is 0 Å². The molecule has 0 saturated heterocycles. The van der Waals surface area contributed by atoms with E-state index < -0.39 is 0 Å². The van der Waals surface area contributed by atoms with E-state index >= 15 is 0 Å². The lowest BCUT2D eigenvalue weighted by Crippen LogP contribution is -2.07. The summed E-state index contributed by atoms with van der Waals surface area (Å²) in [6.07, 6.45) is 0.886. The number of carbonyl (C=O) groups is 1. The number of ether oxygens (including phenoxy) is 1. The molecular formula is C17H18ClNO2. The van der Waals surface area contributed by atoms with E-state index in [1.807, 2.05) is 48.5 Å². The fourth-order valence-electron chi connectivity index (χ4n) is 1.85. The molecule has 0 aliphatic heterocycles. The number of benzene rings is 2. The lowest BCUT2D eigenvalue weighted by molar-refractivity contribution is 0.101. The summed E-state index contributed by atoms with van der Waals surface area (Å²) in [6, 6.07) is 14.8. The molecule has 21 heavy (non-hydrogen) atoms. The summed E-state index contributed by atoms with van der Waals surface area (Å²) in [7, 11) is 0. The minimum absolute atomic E-state index is 0.0814. The van der Waals surface area contributed by atoms with Crippen LogP contribution < -0.4 is 10.1 Å². The molecule has 2 rings (SSSR count). The first-order valence-corrected chi connectivity index (χ1v) is 7.26. The topological polar surface area (TPSA) is 38.3 Å². The highest BCUT2D eigenvalue weighted by Gasteiger charge is 1.99. The summed E-state index contributed by atoms with van der Waals surface area (Å²) in [5.41, 5.74) is 1.73. The summed E-state index contributed by atoms with van der Waals surface area (Å²) < 4.78 is 5.61. The minimum atomic E-state index is 0.0814. The molecule has 0 saturated carbocycles. The molecule has 2 aromatic carbocycles. The fourth-order valence-corrected chi connectivity index (χ4v) is 1.97. The summed E-state index contributed by atoms with van der Waals surface area (Å²) in [5, 5.41) is 4.00. The molecule has 0 bridgehead atoms. The number of anilines is 1. The third-order valence-electron chi connectivity index (χ3n) is 3.02. The SMILES string of the molecule is CC(=O)c1ccc(NCCCOc2ccc(Cl)cc2)cc1. The van der Waals surface area contributed by atoms with Crippen LogP contribution in [0, 0.1) is 0 Å². The highest BCUT2D eigenvalue weighted by atomic mass is 35.5. The second kappa shape index (κ2) is 7.70. The molecule has 0 unspecified atom stereocenters. The summed E-state index contributed by atoms with van der Waals surface area (Å²) in [6.45, 7) is 3.02. The number of nitrogens with one attached hydrogen (secondary N) is 1. The van der Waals surface area contributed by atoms with Crippen molar-refractivity contribution in [3.05, 3.63) is 59.1 Å². The summed E-state index contributed by atoms with van der Waals surface area (Å²) in [4.78, 5) is 11.2.